The first-order chi connectivity index (χ1) is 9.96. The van der Waals surface area contributed by atoms with Gasteiger partial charge in [0.1, 0.15) is 5.82 Å². The van der Waals surface area contributed by atoms with Crippen LogP contribution in [0.1, 0.15) is 31.2 Å². The van der Waals surface area contributed by atoms with Gasteiger partial charge in [0.05, 0.1) is 11.4 Å². The zero-order valence-electron chi connectivity index (χ0n) is 12.0. The maximum atomic E-state index is 13.4. The number of benzene rings is 1. The van der Waals surface area contributed by atoms with E-state index in [1.54, 1.807) is 7.05 Å². The Hall–Kier alpha value is -1.42. The van der Waals surface area contributed by atoms with Gasteiger partial charge in [0.2, 0.25) is 10.0 Å². The molecule has 21 heavy (non-hydrogen) atoms. The second-order valence-electron chi connectivity index (χ2n) is 5.11. The predicted molar refractivity (Wildman–Crippen MR) is 79.5 cm³/mol. The van der Waals surface area contributed by atoms with E-state index in [0.717, 1.165) is 37.8 Å². The molecule has 0 unspecified atom stereocenters. The highest BCUT2D eigenvalue weighted by Gasteiger charge is 2.31. The monoisotopic (exact) mass is 310 g/mol. The van der Waals surface area contributed by atoms with Crippen molar-refractivity contribution in [2.45, 2.75) is 36.6 Å². The fourth-order valence-corrected chi connectivity index (χ4v) is 4.13. The van der Waals surface area contributed by atoms with Crippen LogP contribution in [0.4, 0.5) is 4.39 Å². The zero-order valence-corrected chi connectivity index (χ0v) is 12.8. The number of nitrogens with zero attached hydrogens (tertiary/aromatic N) is 1. The third-order valence-corrected chi connectivity index (χ3v) is 5.73. The Balaban J connectivity index is 2.43. The average Bonchev–Trinajstić information content (AvgIpc) is 2.98. The third-order valence-electron chi connectivity index (χ3n) is 3.76. The molecule has 1 aliphatic carbocycles. The van der Waals surface area contributed by atoms with Crippen LogP contribution in [0.2, 0.25) is 0 Å². The Kier molecular flexibility index (Phi) is 4.99. The predicted octanol–water partition coefficient (Wildman–Crippen LogP) is 1.70. The Morgan fingerprint density at radius 3 is 2.67 bits per heavy atom. The molecular weight excluding hydrogens is 291 g/mol. The Labute approximate surface area is 125 Å². The summed E-state index contributed by atoms with van der Waals surface area (Å²) in [6.07, 6.45) is 3.79. The maximum absolute atomic E-state index is 13.4. The lowest BCUT2D eigenvalue weighted by Crippen LogP contribution is -2.35. The van der Waals surface area contributed by atoms with Crippen LogP contribution in [0.25, 0.3) is 0 Å². The van der Waals surface area contributed by atoms with Gasteiger partial charge in [-0.25, -0.2) is 12.8 Å². The van der Waals surface area contributed by atoms with Gasteiger partial charge >= 0.3 is 0 Å². The van der Waals surface area contributed by atoms with Crippen LogP contribution >= 0.6 is 0 Å². The number of hydrogen-bond acceptors (Lipinski definition) is 3. The van der Waals surface area contributed by atoms with Crippen molar-refractivity contribution in [2.24, 2.45) is 5.73 Å². The molecule has 0 atom stereocenters. The molecule has 0 aromatic heterocycles. The summed E-state index contributed by atoms with van der Waals surface area (Å²) >= 11 is 0. The van der Waals surface area contributed by atoms with Crippen molar-refractivity contribution in [3.05, 3.63) is 29.6 Å². The second-order valence-corrected chi connectivity index (χ2v) is 7.07. The van der Waals surface area contributed by atoms with E-state index >= 15 is 0 Å². The molecule has 0 amide bonds. The second kappa shape index (κ2) is 6.56. The molecule has 0 bridgehead atoms. The molecule has 0 saturated heterocycles. The van der Waals surface area contributed by atoms with Crippen LogP contribution in [0.15, 0.2) is 23.1 Å². The van der Waals surface area contributed by atoms with E-state index in [0.29, 0.717) is 0 Å². The topological polar surface area (TPSA) is 63.4 Å². The molecule has 0 spiro atoms. The average molecular weight is 310 g/mol. The summed E-state index contributed by atoms with van der Waals surface area (Å²) in [6, 6.07) is 3.56. The normalized spacial score (nSPS) is 16.0. The molecule has 2 N–H and O–H groups in total. The van der Waals surface area contributed by atoms with Crippen molar-refractivity contribution in [3.8, 4) is 11.8 Å². The van der Waals surface area contributed by atoms with Gasteiger partial charge in [-0.05, 0) is 31.0 Å². The Bertz CT molecular complexity index is 671. The zero-order chi connectivity index (χ0) is 15.5. The molecule has 1 saturated carbocycles. The standard InChI is InChI=1S/C15H19FN2O2S/c1-18(14-6-2-3-7-14)21(19,20)15-9-8-13(16)11-12(15)5-4-10-17/h8-9,11,14H,2-3,6-7,10,17H2,1H3. The van der Waals surface area contributed by atoms with Crippen molar-refractivity contribution < 1.29 is 12.8 Å². The van der Waals surface area contributed by atoms with Gasteiger partial charge < -0.3 is 5.73 Å². The first kappa shape index (κ1) is 16.0. The summed E-state index contributed by atoms with van der Waals surface area (Å²) < 4.78 is 40.2. The number of rotatable bonds is 3. The number of nitrogens with two attached hydrogens (primary N) is 1. The van der Waals surface area contributed by atoms with E-state index in [1.807, 2.05) is 0 Å². The van der Waals surface area contributed by atoms with Crippen LogP contribution in [0, 0.1) is 17.7 Å². The molecule has 1 aromatic carbocycles. The molecule has 4 nitrogen and oxygen atoms in total. The smallest absolute Gasteiger partial charge is 0.244 e. The van der Waals surface area contributed by atoms with E-state index in [4.69, 9.17) is 5.73 Å². The fraction of sp³-hybridized carbons (Fsp3) is 0.467. The minimum Gasteiger partial charge on any atom is -0.320 e. The molecule has 0 heterocycles. The summed E-state index contributed by atoms with van der Waals surface area (Å²) in [4.78, 5) is 0.0410. The summed E-state index contributed by atoms with van der Waals surface area (Å²) in [5.74, 6) is 4.71. The van der Waals surface area contributed by atoms with E-state index in [2.05, 4.69) is 11.8 Å². The SMILES string of the molecule is CN(C1CCCC1)S(=O)(=O)c1ccc(F)cc1C#CCN. The highest BCUT2D eigenvalue weighted by Crippen LogP contribution is 2.28. The number of hydrogen-bond donors (Lipinski definition) is 1. The van der Waals surface area contributed by atoms with E-state index < -0.39 is 15.8 Å². The highest BCUT2D eigenvalue weighted by molar-refractivity contribution is 7.89. The fourth-order valence-electron chi connectivity index (χ4n) is 2.59. The summed E-state index contributed by atoms with van der Waals surface area (Å²) in [5.41, 5.74) is 5.46. The first-order valence-corrected chi connectivity index (χ1v) is 8.37. The molecule has 6 heteroatoms. The molecule has 114 valence electrons. The highest BCUT2D eigenvalue weighted by atomic mass is 32.2. The van der Waals surface area contributed by atoms with Gasteiger partial charge in [-0.3, -0.25) is 0 Å². The van der Waals surface area contributed by atoms with Crippen molar-refractivity contribution in [3.63, 3.8) is 0 Å². The minimum absolute atomic E-state index is 0.00960. The minimum atomic E-state index is -3.68. The summed E-state index contributed by atoms with van der Waals surface area (Å²) in [6.45, 7) is 0.0917. The summed E-state index contributed by atoms with van der Waals surface area (Å²) in [7, 11) is -2.10. The van der Waals surface area contributed by atoms with Gasteiger partial charge in [-0.15, -0.1) is 0 Å². The lowest BCUT2D eigenvalue weighted by atomic mass is 10.2. The Morgan fingerprint density at radius 1 is 1.38 bits per heavy atom. The quantitative estimate of drug-likeness (QED) is 0.864. The molecule has 1 fully saturated rings. The molecule has 1 aliphatic rings. The van der Waals surface area contributed by atoms with Crippen LogP contribution in [-0.2, 0) is 10.0 Å². The van der Waals surface area contributed by atoms with E-state index in [9.17, 15) is 12.8 Å². The summed E-state index contributed by atoms with van der Waals surface area (Å²) in [5, 5.41) is 0. The molecule has 2 rings (SSSR count). The lowest BCUT2D eigenvalue weighted by Gasteiger charge is -2.24. The van der Waals surface area contributed by atoms with Gasteiger partial charge in [-0.1, -0.05) is 24.7 Å². The molecule has 0 radical (unpaired) electrons. The molecular formula is C15H19FN2O2S. The van der Waals surface area contributed by atoms with Crippen LogP contribution in [0.5, 0.6) is 0 Å². The van der Waals surface area contributed by atoms with Crippen LogP contribution < -0.4 is 5.73 Å². The maximum Gasteiger partial charge on any atom is 0.244 e. The molecule has 1 aromatic rings. The van der Waals surface area contributed by atoms with Crippen molar-refractivity contribution in [1.82, 2.24) is 4.31 Å². The lowest BCUT2D eigenvalue weighted by molar-refractivity contribution is 0.373. The van der Waals surface area contributed by atoms with Crippen LogP contribution in [-0.4, -0.2) is 32.4 Å². The number of sulfonamides is 1. The number of halogens is 1. The largest absolute Gasteiger partial charge is 0.320 e. The van der Waals surface area contributed by atoms with Gasteiger partial charge in [0.15, 0.2) is 0 Å². The van der Waals surface area contributed by atoms with Crippen LogP contribution in [0.3, 0.4) is 0 Å². The van der Waals surface area contributed by atoms with E-state index in [1.165, 1.54) is 10.4 Å². The van der Waals surface area contributed by atoms with Gasteiger partial charge in [0, 0.05) is 18.7 Å². The third kappa shape index (κ3) is 3.43. The van der Waals surface area contributed by atoms with Gasteiger partial charge in [0.25, 0.3) is 0 Å². The first-order valence-electron chi connectivity index (χ1n) is 6.93. The van der Waals surface area contributed by atoms with Gasteiger partial charge in [-0.2, -0.15) is 4.31 Å². The van der Waals surface area contributed by atoms with Crippen molar-refractivity contribution in [2.75, 3.05) is 13.6 Å². The molecule has 0 aliphatic heterocycles. The van der Waals surface area contributed by atoms with E-state index in [-0.39, 0.29) is 23.0 Å². The Morgan fingerprint density at radius 2 is 2.05 bits per heavy atom. The van der Waals surface area contributed by atoms with Crippen molar-refractivity contribution >= 4 is 10.0 Å². The van der Waals surface area contributed by atoms with Crippen molar-refractivity contribution in [1.29, 1.82) is 0 Å².